The summed E-state index contributed by atoms with van der Waals surface area (Å²) >= 11 is 0. The SMILES string of the molecule is CC(C)(C)c1ccc(-c2oc3ccccc3c(=O)c2OCC(=O)c2ccc(-c3ccccc3)cc2)cc1. The van der Waals surface area contributed by atoms with Crippen molar-refractivity contribution in [1.29, 1.82) is 0 Å². The van der Waals surface area contributed by atoms with Gasteiger partial charge >= 0.3 is 0 Å². The van der Waals surface area contributed by atoms with Gasteiger partial charge in [-0.3, -0.25) is 9.59 Å². The molecule has 37 heavy (non-hydrogen) atoms. The van der Waals surface area contributed by atoms with E-state index in [1.165, 1.54) is 0 Å². The Morgan fingerprint density at radius 1 is 0.730 bits per heavy atom. The van der Waals surface area contributed by atoms with E-state index >= 15 is 0 Å². The molecule has 184 valence electrons. The van der Waals surface area contributed by atoms with Crippen LogP contribution in [0.15, 0.2) is 112 Å². The minimum Gasteiger partial charge on any atom is -0.478 e. The van der Waals surface area contributed by atoms with Gasteiger partial charge in [0.05, 0.1) is 5.39 Å². The van der Waals surface area contributed by atoms with E-state index in [1.54, 1.807) is 30.3 Å². The average Bonchev–Trinajstić information content (AvgIpc) is 2.92. The maximum absolute atomic E-state index is 13.4. The molecule has 4 aromatic carbocycles. The fourth-order valence-electron chi connectivity index (χ4n) is 4.27. The van der Waals surface area contributed by atoms with Gasteiger partial charge in [0.15, 0.2) is 18.2 Å². The average molecular weight is 489 g/mol. The molecule has 5 aromatic rings. The second-order valence-electron chi connectivity index (χ2n) is 10.1. The topological polar surface area (TPSA) is 56.5 Å². The van der Waals surface area contributed by atoms with E-state index in [9.17, 15) is 9.59 Å². The molecule has 0 fully saturated rings. The second kappa shape index (κ2) is 9.90. The van der Waals surface area contributed by atoms with Crippen molar-refractivity contribution >= 4 is 16.8 Å². The lowest BCUT2D eigenvalue weighted by molar-refractivity contribution is 0.0920. The van der Waals surface area contributed by atoms with Crippen LogP contribution in [0.5, 0.6) is 5.75 Å². The molecule has 0 saturated heterocycles. The van der Waals surface area contributed by atoms with E-state index in [0.29, 0.717) is 27.9 Å². The zero-order valence-electron chi connectivity index (χ0n) is 21.2. The molecule has 4 nitrogen and oxygen atoms in total. The maximum atomic E-state index is 13.4. The van der Waals surface area contributed by atoms with E-state index in [-0.39, 0.29) is 29.0 Å². The highest BCUT2D eigenvalue weighted by Crippen LogP contribution is 2.33. The molecule has 5 rings (SSSR count). The Kier molecular flexibility index (Phi) is 6.49. The maximum Gasteiger partial charge on any atom is 0.235 e. The van der Waals surface area contributed by atoms with Crippen molar-refractivity contribution in [2.45, 2.75) is 26.2 Å². The van der Waals surface area contributed by atoms with Crippen LogP contribution in [-0.2, 0) is 5.41 Å². The summed E-state index contributed by atoms with van der Waals surface area (Å²) in [5, 5.41) is 0.409. The summed E-state index contributed by atoms with van der Waals surface area (Å²) in [7, 11) is 0. The molecule has 1 aromatic heterocycles. The number of ketones is 1. The lowest BCUT2D eigenvalue weighted by atomic mass is 9.86. The summed E-state index contributed by atoms with van der Waals surface area (Å²) in [6, 6.07) is 32.3. The third-order valence-corrected chi connectivity index (χ3v) is 6.43. The molecule has 0 radical (unpaired) electrons. The first-order valence-corrected chi connectivity index (χ1v) is 12.3. The molecule has 0 amide bonds. The number of hydrogen-bond acceptors (Lipinski definition) is 4. The summed E-state index contributed by atoms with van der Waals surface area (Å²) in [5.41, 5.74) is 4.65. The van der Waals surface area contributed by atoms with Crippen molar-refractivity contribution in [3.8, 4) is 28.2 Å². The van der Waals surface area contributed by atoms with Crippen LogP contribution in [0, 0.1) is 0 Å². The van der Waals surface area contributed by atoms with Gasteiger partial charge in [-0.1, -0.05) is 112 Å². The molecular formula is C33H28O4. The van der Waals surface area contributed by atoms with E-state index in [2.05, 4.69) is 20.8 Å². The van der Waals surface area contributed by atoms with Crippen LogP contribution in [0.4, 0.5) is 0 Å². The van der Waals surface area contributed by atoms with Crippen molar-refractivity contribution in [2.75, 3.05) is 6.61 Å². The number of carbonyl (C=O) groups is 1. The Morgan fingerprint density at radius 3 is 2.00 bits per heavy atom. The first-order chi connectivity index (χ1) is 17.8. The number of carbonyl (C=O) groups excluding carboxylic acids is 1. The van der Waals surface area contributed by atoms with E-state index < -0.39 is 0 Å². The molecule has 0 N–H and O–H groups in total. The van der Waals surface area contributed by atoms with Gasteiger partial charge in [0, 0.05) is 11.1 Å². The standard InChI is InChI=1S/C33H28O4/c1-33(2,3)26-19-17-25(18-20-26)31-32(30(35)27-11-7-8-12-29(27)37-31)36-21-28(34)24-15-13-23(14-16-24)22-9-5-4-6-10-22/h4-20H,21H2,1-3H3. The highest BCUT2D eigenvalue weighted by molar-refractivity contribution is 5.97. The van der Waals surface area contributed by atoms with Gasteiger partial charge in [-0.15, -0.1) is 0 Å². The number of para-hydroxylation sites is 1. The van der Waals surface area contributed by atoms with Gasteiger partial charge in [-0.2, -0.15) is 0 Å². The molecule has 0 aliphatic heterocycles. The predicted molar refractivity (Wildman–Crippen MR) is 148 cm³/mol. The van der Waals surface area contributed by atoms with Crippen LogP contribution < -0.4 is 10.2 Å². The summed E-state index contributed by atoms with van der Waals surface area (Å²) in [6.07, 6.45) is 0. The number of hydrogen-bond donors (Lipinski definition) is 0. The summed E-state index contributed by atoms with van der Waals surface area (Å²) < 4.78 is 12.1. The van der Waals surface area contributed by atoms with Crippen LogP contribution in [0.1, 0.15) is 36.7 Å². The first kappa shape index (κ1) is 24.3. The predicted octanol–water partition coefficient (Wildman–Crippen LogP) is 7.69. The van der Waals surface area contributed by atoms with Crippen molar-refractivity contribution in [3.63, 3.8) is 0 Å². The van der Waals surface area contributed by atoms with Crippen molar-refractivity contribution < 1.29 is 13.9 Å². The highest BCUT2D eigenvalue weighted by atomic mass is 16.5. The zero-order valence-corrected chi connectivity index (χ0v) is 21.2. The number of Topliss-reactive ketones (excluding diaryl/α,β-unsaturated/α-hetero) is 1. The number of ether oxygens (including phenoxy) is 1. The second-order valence-corrected chi connectivity index (χ2v) is 10.1. The van der Waals surface area contributed by atoms with Crippen LogP contribution in [0.2, 0.25) is 0 Å². The number of benzene rings is 4. The molecule has 0 spiro atoms. The van der Waals surface area contributed by atoms with Crippen molar-refractivity contribution in [2.24, 2.45) is 0 Å². The Balaban J connectivity index is 1.45. The van der Waals surface area contributed by atoms with Gasteiger partial charge in [0.1, 0.15) is 5.58 Å². The Morgan fingerprint density at radius 2 is 1.32 bits per heavy atom. The van der Waals surface area contributed by atoms with Crippen molar-refractivity contribution in [1.82, 2.24) is 0 Å². The normalized spacial score (nSPS) is 11.4. The van der Waals surface area contributed by atoms with Crippen LogP contribution in [-0.4, -0.2) is 12.4 Å². The van der Waals surface area contributed by atoms with Crippen LogP contribution in [0.25, 0.3) is 33.4 Å². The van der Waals surface area contributed by atoms with Crippen LogP contribution in [0.3, 0.4) is 0 Å². The van der Waals surface area contributed by atoms with Gasteiger partial charge in [0.25, 0.3) is 0 Å². The third-order valence-electron chi connectivity index (χ3n) is 6.43. The summed E-state index contributed by atoms with van der Waals surface area (Å²) in [5.74, 6) is 0.133. The minimum absolute atomic E-state index is 0.00936. The summed E-state index contributed by atoms with van der Waals surface area (Å²) in [6.45, 7) is 6.15. The molecule has 0 unspecified atom stereocenters. The number of rotatable bonds is 6. The third kappa shape index (κ3) is 5.10. The Labute approximate surface area is 216 Å². The quantitative estimate of drug-likeness (QED) is 0.230. The molecule has 1 heterocycles. The van der Waals surface area contributed by atoms with Gasteiger partial charge < -0.3 is 9.15 Å². The Bertz CT molecular complexity index is 1600. The molecule has 4 heteroatoms. The smallest absolute Gasteiger partial charge is 0.235 e. The fraction of sp³-hybridized carbons (Fsp3) is 0.152. The van der Waals surface area contributed by atoms with Gasteiger partial charge in [0.2, 0.25) is 11.2 Å². The molecule has 0 bridgehead atoms. The molecule has 0 atom stereocenters. The molecule has 0 aliphatic rings. The fourth-order valence-corrected chi connectivity index (χ4v) is 4.27. The molecule has 0 aliphatic carbocycles. The first-order valence-electron chi connectivity index (χ1n) is 12.3. The van der Waals surface area contributed by atoms with Crippen LogP contribution >= 0.6 is 0 Å². The van der Waals surface area contributed by atoms with E-state index in [4.69, 9.17) is 9.15 Å². The molecular weight excluding hydrogens is 460 g/mol. The monoisotopic (exact) mass is 488 g/mol. The lowest BCUT2D eigenvalue weighted by Gasteiger charge is -2.19. The zero-order chi connectivity index (χ0) is 26.0. The van der Waals surface area contributed by atoms with E-state index in [1.807, 2.05) is 72.8 Å². The summed E-state index contributed by atoms with van der Waals surface area (Å²) in [4.78, 5) is 26.4. The Hall–Kier alpha value is -4.44. The van der Waals surface area contributed by atoms with Gasteiger partial charge in [-0.05, 0) is 34.2 Å². The largest absolute Gasteiger partial charge is 0.478 e. The van der Waals surface area contributed by atoms with Gasteiger partial charge in [-0.25, -0.2) is 0 Å². The highest BCUT2D eigenvalue weighted by Gasteiger charge is 2.20. The lowest BCUT2D eigenvalue weighted by Crippen LogP contribution is -2.17. The van der Waals surface area contributed by atoms with Crippen molar-refractivity contribution in [3.05, 3.63) is 124 Å². The number of fused-ring (bicyclic) bond motifs is 1. The minimum atomic E-state index is -0.302. The molecule has 0 saturated carbocycles. The van der Waals surface area contributed by atoms with E-state index in [0.717, 1.165) is 16.7 Å².